The number of carbonyl (C=O) groups is 3. The minimum absolute atomic E-state index is 0.00750. The topological polar surface area (TPSA) is 98.5 Å². The van der Waals surface area contributed by atoms with Gasteiger partial charge in [0.25, 0.3) is 0 Å². The Morgan fingerprint density at radius 3 is 2.56 bits per heavy atom. The van der Waals surface area contributed by atoms with E-state index in [2.05, 4.69) is 26.0 Å². The van der Waals surface area contributed by atoms with Crippen LogP contribution in [0.15, 0.2) is 46.9 Å². The molecule has 0 saturated heterocycles. The van der Waals surface area contributed by atoms with Gasteiger partial charge in [-0.3, -0.25) is 14.4 Å². The van der Waals surface area contributed by atoms with Crippen LogP contribution in [0.25, 0.3) is 0 Å². The summed E-state index contributed by atoms with van der Waals surface area (Å²) in [5.74, 6) is -2.27. The zero-order valence-corrected chi connectivity index (χ0v) is 16.1. The van der Waals surface area contributed by atoms with Gasteiger partial charge in [-0.25, -0.2) is 4.39 Å². The summed E-state index contributed by atoms with van der Waals surface area (Å²) in [5, 5.41) is 2.57. The second-order valence-corrected chi connectivity index (χ2v) is 6.63. The van der Waals surface area contributed by atoms with Crippen molar-refractivity contribution in [3.63, 3.8) is 0 Å². The number of anilines is 1. The molecule has 0 bridgehead atoms. The molecule has 142 valence electrons. The van der Waals surface area contributed by atoms with Gasteiger partial charge in [0, 0.05) is 16.5 Å². The van der Waals surface area contributed by atoms with E-state index in [-0.39, 0.29) is 29.7 Å². The molecule has 0 aliphatic heterocycles. The van der Waals surface area contributed by atoms with E-state index in [4.69, 9.17) is 5.73 Å². The summed E-state index contributed by atoms with van der Waals surface area (Å²) < 4.78 is 19.1. The summed E-state index contributed by atoms with van der Waals surface area (Å²) in [6.45, 7) is 0. The predicted molar refractivity (Wildman–Crippen MR) is 102 cm³/mol. The smallest absolute Gasteiger partial charge is 0.305 e. The standard InChI is InChI=1S/C19H18BrFN2O4/c1-27-17(24)9-7-15(22)19(26)23-16-8-6-11(20)10-13(16)18(25)12-4-2-3-5-14(12)21/h2-6,8,10,15H,7,9,22H2,1H3,(H,23,26)/t15-/m0/s1. The van der Waals surface area contributed by atoms with E-state index in [1.807, 2.05) is 0 Å². The lowest BCUT2D eigenvalue weighted by Crippen LogP contribution is -2.36. The van der Waals surface area contributed by atoms with E-state index in [0.717, 1.165) is 0 Å². The third-order valence-electron chi connectivity index (χ3n) is 3.83. The van der Waals surface area contributed by atoms with E-state index in [1.165, 1.54) is 37.4 Å². The first-order valence-electron chi connectivity index (χ1n) is 8.05. The van der Waals surface area contributed by atoms with Gasteiger partial charge in [0.05, 0.1) is 24.4 Å². The molecule has 0 radical (unpaired) electrons. The lowest BCUT2D eigenvalue weighted by molar-refractivity contribution is -0.140. The number of methoxy groups -OCH3 is 1. The highest BCUT2D eigenvalue weighted by molar-refractivity contribution is 9.10. The average Bonchev–Trinajstić information content (AvgIpc) is 2.66. The molecule has 0 spiro atoms. The number of ketones is 1. The minimum atomic E-state index is -0.968. The molecule has 0 aliphatic rings. The Morgan fingerprint density at radius 2 is 1.89 bits per heavy atom. The summed E-state index contributed by atoms with van der Waals surface area (Å²) in [7, 11) is 1.25. The van der Waals surface area contributed by atoms with E-state index < -0.39 is 29.5 Å². The van der Waals surface area contributed by atoms with E-state index in [9.17, 15) is 18.8 Å². The highest BCUT2D eigenvalue weighted by atomic mass is 79.9. The number of hydrogen-bond donors (Lipinski definition) is 2. The van der Waals surface area contributed by atoms with Crippen LogP contribution in [-0.2, 0) is 14.3 Å². The van der Waals surface area contributed by atoms with Crippen LogP contribution in [0, 0.1) is 5.82 Å². The monoisotopic (exact) mass is 436 g/mol. The van der Waals surface area contributed by atoms with Crippen molar-refractivity contribution < 1.29 is 23.5 Å². The van der Waals surface area contributed by atoms with Crippen LogP contribution in [0.5, 0.6) is 0 Å². The molecule has 27 heavy (non-hydrogen) atoms. The largest absolute Gasteiger partial charge is 0.469 e. The third kappa shape index (κ3) is 5.45. The summed E-state index contributed by atoms with van der Waals surface area (Å²) in [6.07, 6.45) is 0.0814. The zero-order chi connectivity index (χ0) is 20.0. The molecule has 6 nitrogen and oxygen atoms in total. The first-order chi connectivity index (χ1) is 12.8. The quantitative estimate of drug-likeness (QED) is 0.513. The molecular formula is C19H18BrFN2O4. The maximum atomic E-state index is 14.0. The molecule has 0 heterocycles. The van der Waals surface area contributed by atoms with Crippen molar-refractivity contribution in [2.45, 2.75) is 18.9 Å². The van der Waals surface area contributed by atoms with Crippen molar-refractivity contribution >= 4 is 39.3 Å². The second-order valence-electron chi connectivity index (χ2n) is 5.71. The Morgan fingerprint density at radius 1 is 1.19 bits per heavy atom. The fourth-order valence-electron chi connectivity index (χ4n) is 2.34. The number of amides is 1. The Hall–Kier alpha value is -2.58. The zero-order valence-electron chi connectivity index (χ0n) is 14.5. The number of ether oxygens (including phenoxy) is 1. The highest BCUT2D eigenvalue weighted by Gasteiger charge is 2.21. The fourth-order valence-corrected chi connectivity index (χ4v) is 2.70. The van der Waals surface area contributed by atoms with Crippen molar-refractivity contribution in [1.29, 1.82) is 0 Å². The van der Waals surface area contributed by atoms with E-state index in [0.29, 0.717) is 4.47 Å². The first kappa shape index (κ1) is 20.7. The lowest BCUT2D eigenvalue weighted by Gasteiger charge is -2.15. The molecule has 0 aliphatic carbocycles. The van der Waals surface area contributed by atoms with Gasteiger partial charge < -0.3 is 15.8 Å². The van der Waals surface area contributed by atoms with Crippen LogP contribution in [0.2, 0.25) is 0 Å². The maximum Gasteiger partial charge on any atom is 0.305 e. The number of carbonyl (C=O) groups excluding carboxylic acids is 3. The van der Waals surface area contributed by atoms with Crippen LogP contribution < -0.4 is 11.1 Å². The Labute approximate surface area is 164 Å². The molecule has 1 amide bonds. The Bertz CT molecular complexity index is 873. The summed E-state index contributed by atoms with van der Waals surface area (Å²) in [4.78, 5) is 36.2. The minimum Gasteiger partial charge on any atom is -0.469 e. The third-order valence-corrected chi connectivity index (χ3v) is 4.32. The van der Waals surface area contributed by atoms with Gasteiger partial charge >= 0.3 is 5.97 Å². The number of halogens is 2. The maximum absolute atomic E-state index is 14.0. The highest BCUT2D eigenvalue weighted by Crippen LogP contribution is 2.25. The van der Waals surface area contributed by atoms with Crippen molar-refractivity contribution in [3.8, 4) is 0 Å². The summed E-state index contributed by atoms with van der Waals surface area (Å²) >= 11 is 3.26. The Balaban J connectivity index is 2.23. The van der Waals surface area contributed by atoms with Gasteiger partial charge in [-0.2, -0.15) is 0 Å². The van der Waals surface area contributed by atoms with Gasteiger partial charge in [0.15, 0.2) is 5.78 Å². The molecule has 1 atom stereocenters. The average molecular weight is 437 g/mol. The number of benzene rings is 2. The van der Waals surface area contributed by atoms with Crippen LogP contribution in [0.4, 0.5) is 10.1 Å². The molecule has 3 N–H and O–H groups in total. The number of rotatable bonds is 7. The molecule has 0 aromatic heterocycles. The van der Waals surface area contributed by atoms with Gasteiger partial charge in [0.2, 0.25) is 5.91 Å². The van der Waals surface area contributed by atoms with E-state index in [1.54, 1.807) is 12.1 Å². The van der Waals surface area contributed by atoms with Crippen LogP contribution >= 0.6 is 15.9 Å². The van der Waals surface area contributed by atoms with E-state index >= 15 is 0 Å². The van der Waals surface area contributed by atoms with Gasteiger partial charge in [0.1, 0.15) is 5.82 Å². The molecule has 0 saturated carbocycles. The number of nitrogens with two attached hydrogens (primary N) is 1. The number of nitrogens with one attached hydrogen (secondary N) is 1. The van der Waals surface area contributed by atoms with Gasteiger partial charge in [-0.15, -0.1) is 0 Å². The number of hydrogen-bond acceptors (Lipinski definition) is 5. The molecular weight excluding hydrogens is 419 g/mol. The van der Waals surface area contributed by atoms with Gasteiger partial charge in [-0.05, 0) is 36.8 Å². The first-order valence-corrected chi connectivity index (χ1v) is 8.84. The van der Waals surface area contributed by atoms with Crippen LogP contribution in [-0.4, -0.2) is 30.8 Å². The van der Waals surface area contributed by atoms with Crippen molar-refractivity contribution in [2.75, 3.05) is 12.4 Å². The molecule has 2 aromatic rings. The second kappa shape index (κ2) is 9.38. The Kier molecular flexibility index (Phi) is 7.20. The normalized spacial score (nSPS) is 11.6. The predicted octanol–water partition coefficient (Wildman–Crippen LogP) is 3.04. The van der Waals surface area contributed by atoms with Crippen molar-refractivity contribution in [1.82, 2.24) is 0 Å². The molecule has 2 aromatic carbocycles. The van der Waals surface area contributed by atoms with Gasteiger partial charge in [-0.1, -0.05) is 28.1 Å². The van der Waals surface area contributed by atoms with Crippen molar-refractivity contribution in [3.05, 3.63) is 63.9 Å². The molecule has 0 unspecified atom stereocenters. The summed E-state index contributed by atoms with van der Waals surface area (Å²) in [5.41, 5.74) is 5.99. The van der Waals surface area contributed by atoms with Crippen LogP contribution in [0.1, 0.15) is 28.8 Å². The summed E-state index contributed by atoms with van der Waals surface area (Å²) in [6, 6.07) is 9.26. The SMILES string of the molecule is COC(=O)CC[C@H](N)C(=O)Nc1ccc(Br)cc1C(=O)c1ccccc1F. The lowest BCUT2D eigenvalue weighted by atomic mass is 10.0. The molecule has 8 heteroatoms. The molecule has 2 rings (SSSR count). The van der Waals surface area contributed by atoms with Crippen LogP contribution in [0.3, 0.4) is 0 Å². The number of esters is 1. The van der Waals surface area contributed by atoms with Crippen molar-refractivity contribution in [2.24, 2.45) is 5.73 Å². The molecule has 0 fully saturated rings. The fraction of sp³-hybridized carbons (Fsp3) is 0.211.